The lowest BCUT2D eigenvalue weighted by Crippen LogP contribution is -2.40. The van der Waals surface area contributed by atoms with E-state index in [9.17, 15) is 0 Å². The average Bonchev–Trinajstić information content (AvgIpc) is 3.19. The molecule has 0 spiro atoms. The van der Waals surface area contributed by atoms with E-state index in [1.807, 2.05) is 24.3 Å². The Balaban J connectivity index is 1.66. The van der Waals surface area contributed by atoms with Gasteiger partial charge in [0, 0.05) is 17.7 Å². The van der Waals surface area contributed by atoms with E-state index in [0.717, 1.165) is 41.6 Å². The molecule has 1 atom stereocenters. The van der Waals surface area contributed by atoms with Crippen molar-refractivity contribution >= 4 is 11.5 Å². The fourth-order valence-corrected chi connectivity index (χ4v) is 4.21. The van der Waals surface area contributed by atoms with E-state index in [0.29, 0.717) is 0 Å². The van der Waals surface area contributed by atoms with E-state index in [4.69, 9.17) is 14.6 Å². The Kier molecular flexibility index (Phi) is 4.35. The van der Waals surface area contributed by atoms with Crippen molar-refractivity contribution < 1.29 is 9.47 Å². The van der Waals surface area contributed by atoms with E-state index >= 15 is 0 Å². The maximum atomic E-state index is 5.60. The van der Waals surface area contributed by atoms with E-state index < -0.39 is 0 Å². The first-order chi connectivity index (χ1) is 14.3. The van der Waals surface area contributed by atoms with Crippen LogP contribution in [0.15, 0.2) is 77.9 Å². The molecule has 0 aliphatic carbocycles. The van der Waals surface area contributed by atoms with Crippen LogP contribution in [0.1, 0.15) is 22.9 Å². The summed E-state index contributed by atoms with van der Waals surface area (Å²) in [5.74, 6) is 2.52. The maximum absolute atomic E-state index is 5.60. The van der Waals surface area contributed by atoms with E-state index in [1.165, 1.54) is 11.1 Å². The minimum absolute atomic E-state index is 0.0174. The number of nitrogens with zero attached hydrogens (tertiary/aromatic N) is 3. The van der Waals surface area contributed by atoms with Crippen LogP contribution in [-0.2, 0) is 6.42 Å². The average molecular weight is 385 g/mol. The van der Waals surface area contributed by atoms with Gasteiger partial charge in [-0.1, -0.05) is 48.5 Å². The van der Waals surface area contributed by atoms with Crippen molar-refractivity contribution in [1.29, 1.82) is 0 Å². The molecule has 2 aliphatic rings. The van der Waals surface area contributed by atoms with Gasteiger partial charge in [0.2, 0.25) is 0 Å². The molecule has 0 radical (unpaired) electrons. The fraction of sp³-hybridized carbons (Fsp3) is 0.208. The van der Waals surface area contributed by atoms with Crippen LogP contribution in [0.3, 0.4) is 0 Å². The van der Waals surface area contributed by atoms with E-state index in [-0.39, 0.29) is 6.17 Å². The van der Waals surface area contributed by atoms with Gasteiger partial charge in [-0.3, -0.25) is 0 Å². The molecule has 0 saturated carbocycles. The molecule has 5 heteroatoms. The van der Waals surface area contributed by atoms with Gasteiger partial charge in [0.1, 0.15) is 0 Å². The van der Waals surface area contributed by atoms with E-state index in [2.05, 4.69) is 58.4 Å². The zero-order valence-corrected chi connectivity index (χ0v) is 16.6. The minimum Gasteiger partial charge on any atom is -0.493 e. The molecule has 0 bridgehead atoms. The summed E-state index contributed by atoms with van der Waals surface area (Å²) in [6, 6.07) is 24.9. The number of rotatable bonds is 4. The van der Waals surface area contributed by atoms with Crippen LogP contribution in [-0.4, -0.2) is 31.5 Å². The van der Waals surface area contributed by atoms with E-state index in [1.54, 1.807) is 14.2 Å². The second-order valence-electron chi connectivity index (χ2n) is 7.19. The van der Waals surface area contributed by atoms with Crippen LogP contribution in [0.25, 0.3) is 0 Å². The number of para-hydroxylation sites is 1. The zero-order chi connectivity index (χ0) is 19.8. The van der Waals surface area contributed by atoms with Crippen LogP contribution < -0.4 is 14.5 Å². The van der Waals surface area contributed by atoms with Crippen LogP contribution >= 0.6 is 0 Å². The molecule has 2 aliphatic heterocycles. The molecule has 146 valence electrons. The Morgan fingerprint density at radius 1 is 0.862 bits per heavy atom. The van der Waals surface area contributed by atoms with Crippen molar-refractivity contribution in [1.82, 2.24) is 4.90 Å². The number of amidine groups is 1. The Bertz CT molecular complexity index is 1050. The third-order valence-electron chi connectivity index (χ3n) is 5.60. The molecule has 2 heterocycles. The number of ether oxygens (including phenoxy) is 2. The van der Waals surface area contributed by atoms with Crippen molar-refractivity contribution in [3.05, 3.63) is 89.5 Å². The van der Waals surface area contributed by atoms with Gasteiger partial charge in [-0.15, -0.1) is 0 Å². The van der Waals surface area contributed by atoms with Crippen molar-refractivity contribution in [2.24, 2.45) is 5.10 Å². The van der Waals surface area contributed by atoms with Crippen molar-refractivity contribution in [2.75, 3.05) is 25.8 Å². The van der Waals surface area contributed by atoms with Crippen LogP contribution in [0.5, 0.6) is 11.5 Å². The molecular weight excluding hydrogens is 362 g/mol. The summed E-state index contributed by atoms with van der Waals surface area (Å²) in [6.45, 7) is 0.893. The van der Waals surface area contributed by atoms with Crippen molar-refractivity contribution in [2.45, 2.75) is 12.6 Å². The molecule has 5 rings (SSSR count). The second-order valence-corrected chi connectivity index (χ2v) is 7.19. The van der Waals surface area contributed by atoms with Gasteiger partial charge in [0.15, 0.2) is 23.5 Å². The Morgan fingerprint density at radius 3 is 2.21 bits per heavy atom. The maximum Gasteiger partial charge on any atom is 0.161 e. The highest BCUT2D eigenvalue weighted by Crippen LogP contribution is 2.44. The SMILES string of the molecule is COc1cc2c(cc1OC)C1N(CC2)C(c2ccccc2)=NN1c1ccccc1. The summed E-state index contributed by atoms with van der Waals surface area (Å²) in [5.41, 5.74) is 4.66. The topological polar surface area (TPSA) is 37.3 Å². The highest BCUT2D eigenvalue weighted by Gasteiger charge is 2.40. The number of fused-ring (bicyclic) bond motifs is 3. The van der Waals surface area contributed by atoms with Gasteiger partial charge in [0.05, 0.1) is 19.9 Å². The van der Waals surface area contributed by atoms with Crippen molar-refractivity contribution in [3.8, 4) is 11.5 Å². The van der Waals surface area contributed by atoms with Gasteiger partial charge in [-0.2, -0.15) is 5.10 Å². The quantitative estimate of drug-likeness (QED) is 0.665. The summed E-state index contributed by atoms with van der Waals surface area (Å²) in [6.07, 6.45) is 0.914. The molecule has 3 aromatic rings. The summed E-state index contributed by atoms with van der Waals surface area (Å²) < 4.78 is 11.1. The minimum atomic E-state index is -0.0174. The fourth-order valence-electron chi connectivity index (χ4n) is 4.21. The van der Waals surface area contributed by atoms with Gasteiger partial charge in [-0.05, 0) is 36.2 Å². The number of benzene rings is 3. The van der Waals surface area contributed by atoms with Gasteiger partial charge in [-0.25, -0.2) is 5.01 Å². The highest BCUT2D eigenvalue weighted by molar-refractivity contribution is 6.01. The summed E-state index contributed by atoms with van der Waals surface area (Å²) >= 11 is 0. The third-order valence-corrected chi connectivity index (χ3v) is 5.60. The number of methoxy groups -OCH3 is 2. The summed E-state index contributed by atoms with van der Waals surface area (Å²) in [5, 5.41) is 7.19. The predicted octanol–water partition coefficient (Wildman–Crippen LogP) is 4.44. The molecule has 0 saturated heterocycles. The molecule has 3 aromatic carbocycles. The first kappa shape index (κ1) is 17.6. The number of anilines is 1. The third kappa shape index (κ3) is 2.90. The molecule has 0 amide bonds. The van der Waals surface area contributed by atoms with Crippen molar-refractivity contribution in [3.63, 3.8) is 0 Å². The number of hydrogen-bond acceptors (Lipinski definition) is 5. The summed E-state index contributed by atoms with van der Waals surface area (Å²) in [4.78, 5) is 2.39. The Labute approximate surface area is 170 Å². The molecule has 29 heavy (non-hydrogen) atoms. The number of hydrogen-bond donors (Lipinski definition) is 0. The Hall–Kier alpha value is -3.47. The van der Waals surface area contributed by atoms with Crippen LogP contribution in [0, 0.1) is 0 Å². The van der Waals surface area contributed by atoms with Gasteiger partial charge in [0.25, 0.3) is 0 Å². The van der Waals surface area contributed by atoms with Gasteiger partial charge < -0.3 is 14.4 Å². The molecule has 0 N–H and O–H groups in total. The molecule has 0 fully saturated rings. The second kappa shape index (κ2) is 7.17. The van der Waals surface area contributed by atoms with Crippen LogP contribution in [0.4, 0.5) is 5.69 Å². The normalized spacial score (nSPS) is 17.4. The predicted molar refractivity (Wildman–Crippen MR) is 115 cm³/mol. The number of hydrazone groups is 1. The Morgan fingerprint density at radius 2 is 1.52 bits per heavy atom. The lowest BCUT2D eigenvalue weighted by molar-refractivity contribution is 0.311. The summed E-state index contributed by atoms with van der Waals surface area (Å²) in [7, 11) is 3.36. The largest absolute Gasteiger partial charge is 0.493 e. The van der Waals surface area contributed by atoms with Gasteiger partial charge >= 0.3 is 0 Å². The standard InChI is InChI=1S/C24H23N3O2/c1-28-21-15-18-13-14-26-23(17-9-5-3-6-10-17)25-27(19-11-7-4-8-12-19)24(26)20(18)16-22(21)29-2/h3-12,15-16,24H,13-14H2,1-2H3. The molecular formula is C24H23N3O2. The zero-order valence-electron chi connectivity index (χ0n) is 16.6. The lowest BCUT2D eigenvalue weighted by atomic mass is 9.95. The molecule has 0 aromatic heterocycles. The highest BCUT2D eigenvalue weighted by atomic mass is 16.5. The lowest BCUT2D eigenvalue weighted by Gasteiger charge is -2.37. The monoisotopic (exact) mass is 385 g/mol. The molecule has 1 unspecified atom stereocenters. The first-order valence-electron chi connectivity index (χ1n) is 9.80. The van der Waals surface area contributed by atoms with Crippen LogP contribution in [0.2, 0.25) is 0 Å². The molecule has 5 nitrogen and oxygen atoms in total. The first-order valence-corrected chi connectivity index (χ1v) is 9.80. The smallest absolute Gasteiger partial charge is 0.161 e.